The van der Waals surface area contributed by atoms with Crippen LogP contribution in [0.15, 0.2) is 53.4 Å². The van der Waals surface area contributed by atoms with Gasteiger partial charge in [-0.3, -0.25) is 4.79 Å². The molecule has 1 amide bonds. The van der Waals surface area contributed by atoms with Crippen LogP contribution in [0.25, 0.3) is 0 Å². The molecule has 3 rings (SSSR count). The Labute approximate surface area is 164 Å². The SMILES string of the molecule is Cc1ccc(NC(=O)COC(=O)c2cccc(S(=O)(=O)N3CCCC3)c2)cc1. The first-order valence-electron chi connectivity index (χ1n) is 9.00. The lowest BCUT2D eigenvalue weighted by Gasteiger charge is -2.15. The zero-order valence-corrected chi connectivity index (χ0v) is 16.4. The molecule has 1 heterocycles. The fourth-order valence-corrected chi connectivity index (χ4v) is 4.47. The topological polar surface area (TPSA) is 92.8 Å². The Morgan fingerprint density at radius 1 is 1.07 bits per heavy atom. The van der Waals surface area contributed by atoms with Crippen molar-refractivity contribution < 1.29 is 22.7 Å². The average Bonchev–Trinajstić information content (AvgIpc) is 3.24. The molecule has 8 heteroatoms. The smallest absolute Gasteiger partial charge is 0.338 e. The minimum atomic E-state index is -3.62. The number of hydrogen-bond acceptors (Lipinski definition) is 5. The molecule has 2 aromatic carbocycles. The second-order valence-electron chi connectivity index (χ2n) is 6.63. The van der Waals surface area contributed by atoms with E-state index in [2.05, 4.69) is 5.32 Å². The fourth-order valence-electron chi connectivity index (χ4n) is 2.91. The van der Waals surface area contributed by atoms with E-state index in [9.17, 15) is 18.0 Å². The summed E-state index contributed by atoms with van der Waals surface area (Å²) in [6.07, 6.45) is 1.66. The van der Waals surface area contributed by atoms with Crippen LogP contribution in [0.1, 0.15) is 28.8 Å². The Balaban J connectivity index is 1.61. The molecule has 0 unspecified atom stereocenters. The standard InChI is InChI=1S/C20H22N2O5S/c1-15-7-9-17(10-8-15)21-19(23)14-27-20(24)16-5-4-6-18(13-16)28(25,26)22-11-2-3-12-22/h4-10,13H,2-3,11-12,14H2,1H3,(H,21,23). The van der Waals surface area contributed by atoms with Gasteiger partial charge in [0.05, 0.1) is 10.5 Å². The van der Waals surface area contributed by atoms with Crippen molar-refractivity contribution >= 4 is 27.6 Å². The van der Waals surface area contributed by atoms with Gasteiger partial charge in [0.25, 0.3) is 5.91 Å². The van der Waals surface area contributed by atoms with Gasteiger partial charge in [0.1, 0.15) is 0 Å². The van der Waals surface area contributed by atoms with E-state index in [1.807, 2.05) is 19.1 Å². The van der Waals surface area contributed by atoms with Gasteiger partial charge in [-0.2, -0.15) is 4.31 Å². The van der Waals surface area contributed by atoms with Crippen LogP contribution in [0, 0.1) is 6.92 Å². The summed E-state index contributed by atoms with van der Waals surface area (Å²) in [6, 6.07) is 12.9. The lowest BCUT2D eigenvalue weighted by molar-refractivity contribution is -0.119. The molecular formula is C20H22N2O5S. The van der Waals surface area contributed by atoms with Crippen LogP contribution in [0.5, 0.6) is 0 Å². The zero-order valence-electron chi connectivity index (χ0n) is 15.6. The van der Waals surface area contributed by atoms with Gasteiger partial charge in [0.2, 0.25) is 10.0 Å². The van der Waals surface area contributed by atoms with Gasteiger partial charge in [0, 0.05) is 18.8 Å². The number of benzene rings is 2. The van der Waals surface area contributed by atoms with Crippen molar-refractivity contribution in [2.75, 3.05) is 25.0 Å². The first kappa shape index (κ1) is 20.0. The van der Waals surface area contributed by atoms with Crippen molar-refractivity contribution in [3.8, 4) is 0 Å². The van der Waals surface area contributed by atoms with Crippen molar-refractivity contribution in [2.24, 2.45) is 0 Å². The molecule has 1 aliphatic rings. The summed E-state index contributed by atoms with van der Waals surface area (Å²) in [5, 5.41) is 2.63. The Morgan fingerprint density at radius 2 is 1.75 bits per heavy atom. The number of nitrogens with zero attached hydrogens (tertiary/aromatic N) is 1. The third-order valence-corrected chi connectivity index (χ3v) is 6.34. The number of hydrogen-bond donors (Lipinski definition) is 1. The fraction of sp³-hybridized carbons (Fsp3) is 0.300. The monoisotopic (exact) mass is 402 g/mol. The van der Waals surface area contributed by atoms with Crippen LogP contribution in [-0.2, 0) is 19.6 Å². The van der Waals surface area contributed by atoms with E-state index in [0.29, 0.717) is 18.8 Å². The number of aryl methyl sites for hydroxylation is 1. The summed E-state index contributed by atoms with van der Waals surface area (Å²) < 4.78 is 31.7. The molecule has 0 aliphatic carbocycles. The molecule has 1 saturated heterocycles. The third kappa shape index (κ3) is 4.76. The summed E-state index contributed by atoms with van der Waals surface area (Å²) >= 11 is 0. The quantitative estimate of drug-likeness (QED) is 0.750. The molecule has 0 bridgehead atoms. The van der Waals surface area contributed by atoms with Crippen LogP contribution < -0.4 is 5.32 Å². The highest BCUT2D eigenvalue weighted by Crippen LogP contribution is 2.21. The van der Waals surface area contributed by atoms with E-state index in [-0.39, 0.29) is 10.5 Å². The van der Waals surface area contributed by atoms with E-state index in [4.69, 9.17) is 4.74 Å². The molecule has 28 heavy (non-hydrogen) atoms. The minimum Gasteiger partial charge on any atom is -0.452 e. The molecule has 0 spiro atoms. The normalized spacial score (nSPS) is 14.6. The molecule has 2 aromatic rings. The number of nitrogens with one attached hydrogen (secondary N) is 1. The van der Waals surface area contributed by atoms with Crippen LogP contribution in [0.2, 0.25) is 0 Å². The Kier molecular flexibility index (Phi) is 6.11. The van der Waals surface area contributed by atoms with Crippen molar-refractivity contribution in [3.05, 3.63) is 59.7 Å². The Morgan fingerprint density at radius 3 is 2.43 bits per heavy atom. The lowest BCUT2D eigenvalue weighted by atomic mass is 10.2. The van der Waals surface area contributed by atoms with Gasteiger partial charge in [-0.25, -0.2) is 13.2 Å². The average molecular weight is 402 g/mol. The van der Waals surface area contributed by atoms with Gasteiger partial charge in [-0.05, 0) is 50.1 Å². The highest BCUT2D eigenvalue weighted by atomic mass is 32.2. The van der Waals surface area contributed by atoms with E-state index in [0.717, 1.165) is 18.4 Å². The summed E-state index contributed by atoms with van der Waals surface area (Å²) in [5.41, 5.74) is 1.75. The second-order valence-corrected chi connectivity index (χ2v) is 8.57. The van der Waals surface area contributed by atoms with Gasteiger partial charge in [0.15, 0.2) is 6.61 Å². The maximum Gasteiger partial charge on any atom is 0.338 e. The molecule has 7 nitrogen and oxygen atoms in total. The molecule has 0 atom stereocenters. The number of ether oxygens (including phenoxy) is 1. The first-order chi connectivity index (χ1) is 13.4. The maximum atomic E-state index is 12.6. The summed E-state index contributed by atoms with van der Waals surface area (Å²) in [7, 11) is -3.62. The molecule has 0 saturated carbocycles. The van der Waals surface area contributed by atoms with Crippen LogP contribution in [-0.4, -0.2) is 44.3 Å². The number of amides is 1. The van der Waals surface area contributed by atoms with Crippen molar-refractivity contribution in [2.45, 2.75) is 24.7 Å². The van der Waals surface area contributed by atoms with Gasteiger partial charge in [-0.15, -0.1) is 0 Å². The molecule has 148 valence electrons. The molecule has 1 fully saturated rings. The van der Waals surface area contributed by atoms with Crippen LogP contribution in [0.3, 0.4) is 0 Å². The summed E-state index contributed by atoms with van der Waals surface area (Å²) in [6.45, 7) is 2.44. The van der Waals surface area contributed by atoms with E-state index < -0.39 is 28.5 Å². The second kappa shape index (κ2) is 8.53. The van der Waals surface area contributed by atoms with Crippen molar-refractivity contribution in [1.29, 1.82) is 0 Å². The number of carbonyl (C=O) groups excluding carboxylic acids is 2. The molecular weight excluding hydrogens is 380 g/mol. The van der Waals surface area contributed by atoms with Gasteiger partial charge >= 0.3 is 5.97 Å². The number of sulfonamides is 1. The highest BCUT2D eigenvalue weighted by Gasteiger charge is 2.27. The number of anilines is 1. The van der Waals surface area contributed by atoms with Crippen LogP contribution in [0.4, 0.5) is 5.69 Å². The van der Waals surface area contributed by atoms with E-state index in [1.165, 1.54) is 28.6 Å². The highest BCUT2D eigenvalue weighted by molar-refractivity contribution is 7.89. The Bertz CT molecular complexity index is 964. The maximum absolute atomic E-state index is 12.6. The predicted octanol–water partition coefficient (Wildman–Crippen LogP) is 2.58. The van der Waals surface area contributed by atoms with E-state index in [1.54, 1.807) is 12.1 Å². The molecule has 0 radical (unpaired) electrons. The molecule has 1 aliphatic heterocycles. The lowest BCUT2D eigenvalue weighted by Crippen LogP contribution is -2.28. The minimum absolute atomic E-state index is 0.0490. The first-order valence-corrected chi connectivity index (χ1v) is 10.4. The van der Waals surface area contributed by atoms with Crippen molar-refractivity contribution in [1.82, 2.24) is 4.31 Å². The summed E-state index contributed by atoms with van der Waals surface area (Å²) in [5.74, 6) is -1.23. The molecule has 0 aromatic heterocycles. The molecule has 1 N–H and O–H groups in total. The predicted molar refractivity (Wildman–Crippen MR) is 105 cm³/mol. The van der Waals surface area contributed by atoms with Gasteiger partial charge < -0.3 is 10.1 Å². The van der Waals surface area contributed by atoms with Gasteiger partial charge in [-0.1, -0.05) is 23.8 Å². The zero-order chi connectivity index (χ0) is 20.1. The summed E-state index contributed by atoms with van der Waals surface area (Å²) in [4.78, 5) is 24.2. The van der Waals surface area contributed by atoms with Crippen LogP contribution >= 0.6 is 0 Å². The van der Waals surface area contributed by atoms with E-state index >= 15 is 0 Å². The third-order valence-electron chi connectivity index (χ3n) is 4.44. The van der Waals surface area contributed by atoms with Crippen molar-refractivity contribution in [3.63, 3.8) is 0 Å². The number of rotatable bonds is 6. The number of carbonyl (C=O) groups is 2. The Hall–Kier alpha value is -2.71. The number of esters is 1. The largest absolute Gasteiger partial charge is 0.452 e.